The van der Waals surface area contributed by atoms with E-state index < -0.39 is 0 Å². The van der Waals surface area contributed by atoms with Gasteiger partial charge in [0.2, 0.25) is 17.6 Å². The minimum atomic E-state index is -0.130. The molecule has 2 aromatic heterocycles. The summed E-state index contributed by atoms with van der Waals surface area (Å²) in [5.74, 6) is 1.90. The van der Waals surface area contributed by atoms with E-state index in [1.165, 1.54) is 6.42 Å². The summed E-state index contributed by atoms with van der Waals surface area (Å²) in [7, 11) is 1.89. The van der Waals surface area contributed by atoms with Crippen LogP contribution in [0.5, 0.6) is 0 Å². The Kier molecular flexibility index (Phi) is 3.56. The molecule has 0 N–H and O–H groups in total. The minimum Gasteiger partial charge on any atom is -0.344 e. The number of aromatic nitrogens is 4. The molecule has 0 spiro atoms. The van der Waals surface area contributed by atoms with Crippen LogP contribution in [0.15, 0.2) is 23.1 Å². The zero-order valence-corrected chi connectivity index (χ0v) is 14.8. The Balaban J connectivity index is 1.44. The second-order valence-electron chi connectivity index (χ2n) is 7.75. The molecule has 1 aliphatic carbocycles. The number of likely N-dealkylation sites (tertiary alicyclic amines) is 2. The van der Waals surface area contributed by atoms with Gasteiger partial charge in [0.15, 0.2) is 0 Å². The summed E-state index contributed by atoms with van der Waals surface area (Å²) in [4.78, 5) is 29.7. The van der Waals surface area contributed by atoms with Crippen LogP contribution in [-0.2, 0) is 10.2 Å². The first-order valence-electron chi connectivity index (χ1n) is 9.27. The number of hydrogen-bond acceptors (Lipinski definition) is 7. The largest absolute Gasteiger partial charge is 0.344 e. The SMILES string of the molecule is CN1CC[C@H](N2C[C@H]3CCC[C@@]3(c3nc(-c4cnccn4)no3)C2)C1=O. The fourth-order valence-corrected chi connectivity index (χ4v) is 5.00. The highest BCUT2D eigenvalue weighted by molar-refractivity contribution is 5.83. The van der Waals surface area contributed by atoms with Crippen LogP contribution in [0, 0.1) is 5.92 Å². The Bertz CT molecular complexity index is 824. The van der Waals surface area contributed by atoms with Gasteiger partial charge in [0, 0.05) is 39.1 Å². The van der Waals surface area contributed by atoms with Crippen molar-refractivity contribution in [2.75, 3.05) is 26.7 Å². The van der Waals surface area contributed by atoms with Crippen LogP contribution in [0.2, 0.25) is 0 Å². The van der Waals surface area contributed by atoms with Crippen LogP contribution in [-0.4, -0.2) is 68.5 Å². The Morgan fingerprint density at radius 2 is 2.23 bits per heavy atom. The highest BCUT2D eigenvalue weighted by Gasteiger charge is 2.56. The zero-order valence-electron chi connectivity index (χ0n) is 14.8. The van der Waals surface area contributed by atoms with E-state index in [0.717, 1.165) is 38.9 Å². The van der Waals surface area contributed by atoms with Crippen molar-refractivity contribution in [1.29, 1.82) is 0 Å². The van der Waals surface area contributed by atoms with E-state index in [2.05, 4.69) is 25.0 Å². The van der Waals surface area contributed by atoms with Crippen molar-refractivity contribution in [1.82, 2.24) is 29.9 Å². The molecule has 8 heteroatoms. The second kappa shape index (κ2) is 5.84. The molecule has 1 saturated carbocycles. The van der Waals surface area contributed by atoms with E-state index in [0.29, 0.717) is 23.3 Å². The van der Waals surface area contributed by atoms with Gasteiger partial charge < -0.3 is 9.42 Å². The maximum atomic E-state index is 12.5. The lowest BCUT2D eigenvalue weighted by atomic mass is 9.80. The van der Waals surface area contributed by atoms with Gasteiger partial charge in [-0.1, -0.05) is 11.6 Å². The van der Waals surface area contributed by atoms with Crippen molar-refractivity contribution in [3.05, 3.63) is 24.5 Å². The number of nitrogens with zero attached hydrogens (tertiary/aromatic N) is 6. The molecule has 136 valence electrons. The summed E-state index contributed by atoms with van der Waals surface area (Å²) in [5.41, 5.74) is 0.491. The lowest BCUT2D eigenvalue weighted by Crippen LogP contribution is -2.41. The van der Waals surface area contributed by atoms with Crippen molar-refractivity contribution in [2.45, 2.75) is 37.1 Å². The number of carbonyl (C=O) groups is 1. The van der Waals surface area contributed by atoms with E-state index >= 15 is 0 Å². The summed E-state index contributed by atoms with van der Waals surface area (Å²) in [6, 6.07) is 0.00450. The fourth-order valence-electron chi connectivity index (χ4n) is 5.00. The first-order valence-corrected chi connectivity index (χ1v) is 9.27. The molecule has 3 atom stereocenters. The summed E-state index contributed by atoms with van der Waals surface area (Å²) < 4.78 is 5.72. The number of fused-ring (bicyclic) bond motifs is 1. The monoisotopic (exact) mass is 354 g/mol. The number of hydrogen-bond donors (Lipinski definition) is 0. The van der Waals surface area contributed by atoms with E-state index in [4.69, 9.17) is 4.52 Å². The van der Waals surface area contributed by atoms with Crippen molar-refractivity contribution < 1.29 is 9.32 Å². The van der Waals surface area contributed by atoms with Gasteiger partial charge in [-0.2, -0.15) is 4.98 Å². The molecular formula is C18H22N6O2. The molecule has 3 aliphatic rings. The Labute approximate surface area is 151 Å². The molecule has 4 heterocycles. The van der Waals surface area contributed by atoms with Crippen LogP contribution in [0.3, 0.4) is 0 Å². The first kappa shape index (κ1) is 15.9. The molecule has 0 unspecified atom stereocenters. The summed E-state index contributed by atoms with van der Waals surface area (Å²) >= 11 is 0. The Morgan fingerprint density at radius 1 is 1.31 bits per heavy atom. The molecule has 2 saturated heterocycles. The predicted molar refractivity (Wildman–Crippen MR) is 92.0 cm³/mol. The lowest BCUT2D eigenvalue weighted by molar-refractivity contribution is -0.130. The molecule has 3 fully saturated rings. The van der Waals surface area contributed by atoms with E-state index in [9.17, 15) is 4.79 Å². The van der Waals surface area contributed by atoms with Crippen LogP contribution in [0.4, 0.5) is 0 Å². The van der Waals surface area contributed by atoms with Gasteiger partial charge in [-0.3, -0.25) is 14.7 Å². The van der Waals surface area contributed by atoms with Crippen molar-refractivity contribution in [3.8, 4) is 11.5 Å². The molecule has 1 amide bonds. The summed E-state index contributed by atoms with van der Waals surface area (Å²) in [6.45, 7) is 2.60. The maximum absolute atomic E-state index is 12.5. The molecule has 2 aromatic rings. The third-order valence-corrected chi connectivity index (χ3v) is 6.38. The second-order valence-corrected chi connectivity index (χ2v) is 7.75. The Hall–Kier alpha value is -2.35. The molecule has 8 nitrogen and oxygen atoms in total. The topological polar surface area (TPSA) is 88.2 Å². The zero-order chi connectivity index (χ0) is 17.7. The third kappa shape index (κ3) is 2.28. The number of likely N-dealkylation sites (N-methyl/N-ethyl adjacent to an activating group) is 1. The van der Waals surface area contributed by atoms with Gasteiger partial charge in [-0.15, -0.1) is 0 Å². The predicted octanol–water partition coefficient (Wildman–Crippen LogP) is 1.11. The number of rotatable bonds is 3. The van der Waals surface area contributed by atoms with Crippen LogP contribution < -0.4 is 0 Å². The van der Waals surface area contributed by atoms with E-state index in [-0.39, 0.29) is 17.4 Å². The third-order valence-electron chi connectivity index (χ3n) is 6.38. The molecule has 2 aliphatic heterocycles. The molecule has 0 bridgehead atoms. The van der Waals surface area contributed by atoms with Gasteiger partial charge in [-0.05, 0) is 25.2 Å². The lowest BCUT2D eigenvalue weighted by Gasteiger charge is -2.26. The molecule has 0 aromatic carbocycles. The van der Waals surface area contributed by atoms with Gasteiger partial charge in [0.05, 0.1) is 17.7 Å². The number of carbonyl (C=O) groups excluding carboxylic acids is 1. The summed E-state index contributed by atoms with van der Waals surface area (Å²) in [6.07, 6.45) is 9.16. The Morgan fingerprint density at radius 3 is 3.00 bits per heavy atom. The smallest absolute Gasteiger partial charge is 0.239 e. The quantitative estimate of drug-likeness (QED) is 0.816. The van der Waals surface area contributed by atoms with Crippen molar-refractivity contribution >= 4 is 5.91 Å². The molecule has 0 radical (unpaired) electrons. The normalized spacial score (nSPS) is 31.7. The maximum Gasteiger partial charge on any atom is 0.239 e. The van der Waals surface area contributed by atoms with Gasteiger partial charge in [0.1, 0.15) is 5.69 Å². The van der Waals surface area contributed by atoms with Gasteiger partial charge in [-0.25, -0.2) is 4.98 Å². The van der Waals surface area contributed by atoms with E-state index in [1.807, 2.05) is 11.9 Å². The van der Waals surface area contributed by atoms with E-state index in [1.54, 1.807) is 18.6 Å². The van der Waals surface area contributed by atoms with Crippen LogP contribution >= 0.6 is 0 Å². The van der Waals surface area contributed by atoms with Crippen LogP contribution in [0.25, 0.3) is 11.5 Å². The highest BCUT2D eigenvalue weighted by Crippen LogP contribution is 2.51. The van der Waals surface area contributed by atoms with Crippen molar-refractivity contribution in [2.24, 2.45) is 5.92 Å². The number of amides is 1. The average Bonchev–Trinajstić information content (AvgIpc) is 3.40. The molecular weight excluding hydrogens is 332 g/mol. The standard InChI is InChI=1S/C18H22N6O2/c1-23-8-4-14(16(23)25)24-10-12-3-2-5-18(12,11-24)17-21-15(22-26-17)13-9-19-6-7-20-13/h6-7,9,12,14H,2-5,8,10-11H2,1H3/t12-,14+,18-/m1/s1. The highest BCUT2D eigenvalue weighted by atomic mass is 16.5. The first-order chi connectivity index (χ1) is 12.7. The van der Waals surface area contributed by atoms with Gasteiger partial charge in [0.25, 0.3) is 0 Å². The van der Waals surface area contributed by atoms with Gasteiger partial charge >= 0.3 is 0 Å². The minimum absolute atomic E-state index is 0.00450. The molecule has 26 heavy (non-hydrogen) atoms. The fraction of sp³-hybridized carbons (Fsp3) is 0.611. The molecule has 5 rings (SSSR count). The summed E-state index contributed by atoms with van der Waals surface area (Å²) in [5, 5.41) is 4.15. The van der Waals surface area contributed by atoms with Crippen LogP contribution in [0.1, 0.15) is 31.6 Å². The average molecular weight is 354 g/mol. The van der Waals surface area contributed by atoms with Crippen molar-refractivity contribution in [3.63, 3.8) is 0 Å².